The Kier molecular flexibility index (Phi) is 6.62. The quantitative estimate of drug-likeness (QED) is 0.367. The van der Waals surface area contributed by atoms with Crippen LogP contribution in [0.15, 0.2) is 73.1 Å². The van der Waals surface area contributed by atoms with Crippen LogP contribution in [0.1, 0.15) is 101 Å². The molecule has 34 heavy (non-hydrogen) atoms. The minimum atomic E-state index is 0.414. The molecule has 4 rings (SSSR count). The van der Waals surface area contributed by atoms with Crippen LogP contribution in [0.5, 0.6) is 0 Å². The van der Waals surface area contributed by atoms with Crippen LogP contribution in [0, 0.1) is 0 Å². The van der Waals surface area contributed by atoms with Crippen LogP contribution in [0.4, 0.5) is 22.7 Å². The molecule has 0 saturated heterocycles. The summed E-state index contributed by atoms with van der Waals surface area (Å²) >= 11 is 0. The molecule has 0 unspecified atom stereocenters. The largest absolute Gasteiger partial charge is 0.294 e. The average molecular weight is 453 g/mol. The summed E-state index contributed by atoms with van der Waals surface area (Å²) in [7, 11) is 0. The lowest BCUT2D eigenvalue weighted by Gasteiger charge is -2.32. The van der Waals surface area contributed by atoms with E-state index >= 15 is 0 Å². The molecular formula is C32H40N2. The van der Waals surface area contributed by atoms with Crippen LogP contribution in [0.25, 0.3) is 0 Å². The molecule has 0 aliphatic carbocycles. The SMILES string of the molecule is C=C1N(c2c(C(C)C)cccc2C(C)C)c2ccccc2N1c1c(C(C)C)cccc1C(C)C. The number of rotatable bonds is 6. The number of benzene rings is 3. The van der Waals surface area contributed by atoms with E-state index in [0.29, 0.717) is 23.7 Å². The molecule has 2 nitrogen and oxygen atoms in total. The molecule has 0 spiro atoms. The zero-order valence-electron chi connectivity index (χ0n) is 22.2. The lowest BCUT2D eigenvalue weighted by molar-refractivity contribution is 0.822. The summed E-state index contributed by atoms with van der Waals surface area (Å²) in [6.45, 7) is 23.0. The fourth-order valence-electron chi connectivity index (χ4n) is 5.26. The smallest absolute Gasteiger partial charge is 0.115 e. The van der Waals surface area contributed by atoms with Gasteiger partial charge < -0.3 is 0 Å². The van der Waals surface area contributed by atoms with E-state index in [2.05, 4.69) is 126 Å². The van der Waals surface area contributed by atoms with E-state index in [4.69, 9.17) is 6.58 Å². The molecule has 1 aliphatic heterocycles. The van der Waals surface area contributed by atoms with Gasteiger partial charge in [0.25, 0.3) is 0 Å². The van der Waals surface area contributed by atoms with Crippen molar-refractivity contribution in [2.45, 2.75) is 79.1 Å². The number of nitrogens with zero attached hydrogens (tertiary/aromatic N) is 2. The topological polar surface area (TPSA) is 6.48 Å². The first-order chi connectivity index (χ1) is 16.1. The van der Waals surface area contributed by atoms with Gasteiger partial charge in [-0.3, -0.25) is 9.80 Å². The van der Waals surface area contributed by atoms with Crippen molar-refractivity contribution in [3.05, 3.63) is 95.3 Å². The predicted octanol–water partition coefficient (Wildman–Crippen LogP) is 9.94. The second kappa shape index (κ2) is 9.33. The molecule has 0 radical (unpaired) electrons. The molecule has 1 heterocycles. The number of hydrogen-bond acceptors (Lipinski definition) is 2. The van der Waals surface area contributed by atoms with Crippen molar-refractivity contribution >= 4 is 22.7 Å². The first-order valence-electron chi connectivity index (χ1n) is 12.8. The van der Waals surface area contributed by atoms with E-state index < -0.39 is 0 Å². The summed E-state index contributed by atoms with van der Waals surface area (Å²) in [6, 6.07) is 22.3. The van der Waals surface area contributed by atoms with E-state index in [1.54, 1.807) is 0 Å². The Morgan fingerprint density at radius 3 is 1.03 bits per heavy atom. The monoisotopic (exact) mass is 452 g/mol. The van der Waals surface area contributed by atoms with E-state index in [9.17, 15) is 0 Å². The highest BCUT2D eigenvalue weighted by Gasteiger charge is 2.37. The zero-order valence-corrected chi connectivity index (χ0v) is 22.2. The third-order valence-corrected chi connectivity index (χ3v) is 7.01. The van der Waals surface area contributed by atoms with Crippen LogP contribution in [0.3, 0.4) is 0 Å². The van der Waals surface area contributed by atoms with Gasteiger partial charge in [0, 0.05) is 0 Å². The summed E-state index contributed by atoms with van der Waals surface area (Å²) < 4.78 is 0. The molecule has 0 saturated carbocycles. The van der Waals surface area contributed by atoms with Crippen molar-refractivity contribution in [3.8, 4) is 0 Å². The summed E-state index contributed by atoms with van der Waals surface area (Å²) in [6.07, 6.45) is 0. The van der Waals surface area contributed by atoms with Crippen molar-refractivity contribution < 1.29 is 0 Å². The summed E-state index contributed by atoms with van der Waals surface area (Å²) in [5.41, 5.74) is 10.5. The minimum Gasteiger partial charge on any atom is -0.294 e. The highest BCUT2D eigenvalue weighted by molar-refractivity contribution is 5.95. The molecular weight excluding hydrogens is 412 g/mol. The van der Waals surface area contributed by atoms with E-state index in [1.807, 2.05) is 0 Å². The van der Waals surface area contributed by atoms with Gasteiger partial charge in [0.2, 0.25) is 0 Å². The molecule has 0 amide bonds. The first kappa shape index (κ1) is 24.1. The van der Waals surface area contributed by atoms with Crippen molar-refractivity contribution in [1.82, 2.24) is 0 Å². The fourth-order valence-corrected chi connectivity index (χ4v) is 5.26. The molecule has 0 atom stereocenters. The van der Waals surface area contributed by atoms with Crippen molar-refractivity contribution in [2.24, 2.45) is 0 Å². The summed E-state index contributed by atoms with van der Waals surface area (Å²) in [5.74, 6) is 2.66. The first-order valence-corrected chi connectivity index (χ1v) is 12.8. The molecule has 0 fully saturated rings. The van der Waals surface area contributed by atoms with Gasteiger partial charge in [0.05, 0.1) is 22.7 Å². The summed E-state index contributed by atoms with van der Waals surface area (Å²) in [4.78, 5) is 4.84. The number of anilines is 4. The van der Waals surface area contributed by atoms with Crippen LogP contribution in [-0.4, -0.2) is 0 Å². The molecule has 3 aromatic carbocycles. The third-order valence-electron chi connectivity index (χ3n) is 7.01. The average Bonchev–Trinajstić information content (AvgIpc) is 3.08. The standard InChI is InChI=1S/C32H40N2/c1-20(2)25-14-12-15-26(21(3)4)31(25)33-24(9)34(30-19-11-10-18-29(30)33)32-27(22(5)6)16-13-17-28(32)23(7)8/h10-23H,9H2,1-8H3. The Morgan fingerprint density at radius 1 is 0.471 bits per heavy atom. The van der Waals surface area contributed by atoms with Crippen molar-refractivity contribution in [2.75, 3.05) is 9.80 Å². The maximum absolute atomic E-state index is 4.74. The fraction of sp³-hybridized carbons (Fsp3) is 0.375. The highest BCUT2D eigenvalue weighted by atomic mass is 15.4. The molecule has 0 aromatic heterocycles. The molecule has 0 N–H and O–H groups in total. The van der Waals surface area contributed by atoms with Gasteiger partial charge in [0.15, 0.2) is 0 Å². The second-order valence-electron chi connectivity index (χ2n) is 10.8. The Labute approximate surface area is 206 Å². The molecule has 178 valence electrons. The normalized spacial score (nSPS) is 13.7. The molecule has 2 heteroatoms. The second-order valence-corrected chi connectivity index (χ2v) is 10.8. The van der Waals surface area contributed by atoms with Gasteiger partial charge in [-0.1, -0.05) is 110 Å². The lowest BCUT2D eigenvalue weighted by atomic mass is 9.91. The van der Waals surface area contributed by atoms with E-state index in [1.165, 1.54) is 45.0 Å². The van der Waals surface area contributed by atoms with Crippen LogP contribution >= 0.6 is 0 Å². The van der Waals surface area contributed by atoms with Gasteiger partial charge in [-0.05, 0) is 58.1 Å². The molecule has 1 aliphatic rings. The maximum atomic E-state index is 4.74. The van der Waals surface area contributed by atoms with Gasteiger partial charge in [-0.25, -0.2) is 0 Å². The van der Waals surface area contributed by atoms with Crippen molar-refractivity contribution in [1.29, 1.82) is 0 Å². The zero-order chi connectivity index (χ0) is 24.7. The highest BCUT2D eigenvalue weighted by Crippen LogP contribution is 2.54. The minimum absolute atomic E-state index is 0.414. The molecule has 0 bridgehead atoms. The third kappa shape index (κ3) is 3.94. The summed E-state index contributed by atoms with van der Waals surface area (Å²) in [5, 5.41) is 0. The van der Waals surface area contributed by atoms with Gasteiger partial charge >= 0.3 is 0 Å². The van der Waals surface area contributed by atoms with Gasteiger partial charge in [-0.2, -0.15) is 0 Å². The number of hydrogen-bond donors (Lipinski definition) is 0. The van der Waals surface area contributed by atoms with E-state index in [0.717, 1.165) is 5.82 Å². The molecule has 3 aromatic rings. The Bertz CT molecular complexity index is 1050. The lowest BCUT2D eigenvalue weighted by Crippen LogP contribution is -2.24. The van der Waals surface area contributed by atoms with E-state index in [-0.39, 0.29) is 0 Å². The maximum Gasteiger partial charge on any atom is 0.115 e. The Morgan fingerprint density at radius 2 is 0.765 bits per heavy atom. The Hall–Kier alpha value is -3.00. The van der Waals surface area contributed by atoms with Crippen LogP contribution < -0.4 is 9.80 Å². The van der Waals surface area contributed by atoms with Crippen LogP contribution in [0.2, 0.25) is 0 Å². The Balaban J connectivity index is 2.03. The van der Waals surface area contributed by atoms with Gasteiger partial charge in [0.1, 0.15) is 5.82 Å². The van der Waals surface area contributed by atoms with Crippen LogP contribution in [-0.2, 0) is 0 Å². The van der Waals surface area contributed by atoms with Crippen molar-refractivity contribution in [3.63, 3.8) is 0 Å². The predicted molar refractivity (Wildman–Crippen MR) is 149 cm³/mol. The van der Waals surface area contributed by atoms with Gasteiger partial charge in [-0.15, -0.1) is 0 Å². The number of para-hydroxylation sites is 4. The number of fused-ring (bicyclic) bond motifs is 1.